The first-order valence-corrected chi connectivity index (χ1v) is 51.7. The summed E-state index contributed by atoms with van der Waals surface area (Å²) in [6.07, 6.45) is 18.9. The Labute approximate surface area is 841 Å². The van der Waals surface area contributed by atoms with Crippen molar-refractivity contribution in [1.82, 2.24) is 29.7 Å². The van der Waals surface area contributed by atoms with Gasteiger partial charge in [-0.3, -0.25) is 82.8 Å². The topological polar surface area (TPSA) is 450 Å². The highest BCUT2D eigenvalue weighted by Crippen LogP contribution is 2.42. The molecule has 0 saturated heterocycles. The number of halogens is 5. The zero-order valence-electron chi connectivity index (χ0n) is 86.4. The van der Waals surface area contributed by atoms with Gasteiger partial charge in [-0.2, -0.15) is 18.6 Å². The van der Waals surface area contributed by atoms with Crippen molar-refractivity contribution >= 4 is 120 Å². The van der Waals surface area contributed by atoms with Crippen LogP contribution in [0.3, 0.4) is 0 Å². The number of hydrogen-bond acceptors (Lipinski definition) is 31. The number of ketones is 2. The van der Waals surface area contributed by atoms with E-state index in [9.17, 15) is 86.6 Å². The van der Waals surface area contributed by atoms with Crippen LogP contribution in [0.25, 0.3) is 11.3 Å². The molecule has 39 heteroatoms. The first kappa shape index (κ1) is 132. The summed E-state index contributed by atoms with van der Waals surface area (Å²) in [4.78, 5) is 165. The van der Waals surface area contributed by atoms with E-state index >= 15 is 0 Å². The maximum atomic E-state index is 13.2. The van der Waals surface area contributed by atoms with Gasteiger partial charge in [0.25, 0.3) is 0 Å². The van der Waals surface area contributed by atoms with Crippen molar-refractivity contribution in [2.75, 3.05) is 59.5 Å². The van der Waals surface area contributed by atoms with E-state index < -0.39 is 95.7 Å². The number of esters is 9. The van der Waals surface area contributed by atoms with Crippen molar-refractivity contribution in [2.45, 2.75) is 317 Å². The fourth-order valence-corrected chi connectivity index (χ4v) is 14.5. The summed E-state index contributed by atoms with van der Waals surface area (Å²) in [6.45, 7) is 46.5. The lowest BCUT2D eigenvalue weighted by molar-refractivity contribution is -0.384. The third-order valence-electron chi connectivity index (χ3n) is 22.7. The van der Waals surface area contributed by atoms with Crippen LogP contribution in [0.5, 0.6) is 0 Å². The lowest BCUT2D eigenvalue weighted by Gasteiger charge is -2.39. The van der Waals surface area contributed by atoms with Crippen molar-refractivity contribution in [3.05, 3.63) is 140 Å². The van der Waals surface area contributed by atoms with E-state index in [1.807, 2.05) is 40.7 Å². The molecule has 0 aliphatic heterocycles. The molecule has 0 bridgehead atoms. The van der Waals surface area contributed by atoms with Gasteiger partial charge in [0.15, 0.2) is 25.3 Å². The standard InChI is InChI=1S/C20H34ClNO3Si.C19H24F2N4O4.C17H24ClNO5.C14H20ClNO3.C12H20O3.C11H18O4.C8H14O4/c1-8-24-19(23)15(2)10-9-11-18(17-14-16(21)12-13-22-17)25-26(6,7)20(3,4)5;1-4-29-18(26)13(3)7-5-6-12(2)15-10-14(8-9-22-15)17-16(25(27)28)11-23-24(17)19(20)21;1-4-23-15(21)17(3,16(22)24-5-2)9-6-7-14(20)13-11-12(18)8-10-19-13;1-3-19-14(18)10(2)5-4-6-13(17)12-9-11(15)7-8-16-12;1-5-7-8-9-12(4,10(3)13)11(14)15-6-2;1-4-15-10(14)11(3,9(2)13)7-5-6-8-12;1-4-11-7(9)6(3)8(10)12-5-2/h12-15,18H,8-11H2,1-7H3;8-13,19H,4-7H2,1-3H3;8,10-11,14,20H,4-7,9H2,1-3H3;7-10,13,17H,3-6H2,1-2H3;5H,1,6-9H2,2-4H3;8H,4-7H2,1-3H3;6H,4-5H2,1-3H3. The largest absolute Gasteiger partial charge is 0.466 e. The van der Waals surface area contributed by atoms with E-state index in [1.54, 1.807) is 124 Å². The monoisotopic (exact) mass is 2050 g/mol. The highest BCUT2D eigenvalue weighted by atomic mass is 35.5. The fourth-order valence-electron chi connectivity index (χ4n) is 12.7. The van der Waals surface area contributed by atoms with E-state index in [0.717, 1.165) is 69.5 Å². The molecule has 0 aliphatic rings. The Morgan fingerprint density at radius 1 is 0.471 bits per heavy atom. The van der Waals surface area contributed by atoms with E-state index in [-0.39, 0.29) is 115 Å². The minimum absolute atomic E-state index is 0.0219. The number of aldehydes is 1. The lowest BCUT2D eigenvalue weighted by atomic mass is 9.81. The Morgan fingerprint density at radius 2 is 0.807 bits per heavy atom. The summed E-state index contributed by atoms with van der Waals surface area (Å²) in [6, 6.07) is 13.2. The van der Waals surface area contributed by atoms with Gasteiger partial charge in [-0.05, 0) is 279 Å². The second-order valence-corrected chi connectivity index (χ2v) is 41.0. The average Bonchev–Trinajstić information content (AvgIpc) is 1.66. The van der Waals surface area contributed by atoms with Crippen molar-refractivity contribution < 1.29 is 129 Å². The van der Waals surface area contributed by atoms with E-state index in [0.29, 0.717) is 121 Å². The molecule has 2 N–H and O–H groups in total. The molecule has 0 aromatic carbocycles. The predicted octanol–water partition coefficient (Wildman–Crippen LogP) is 21.9. The molecule has 0 fully saturated rings. The highest BCUT2D eigenvalue weighted by Gasteiger charge is 2.45. The summed E-state index contributed by atoms with van der Waals surface area (Å²) in [5.74, 6) is -5.37. The molecule has 5 aromatic heterocycles. The summed E-state index contributed by atoms with van der Waals surface area (Å²) in [5.41, 5.74) is -1.44. The highest BCUT2D eigenvalue weighted by molar-refractivity contribution is 6.74. The van der Waals surface area contributed by atoms with Gasteiger partial charge >= 0.3 is 66.0 Å². The maximum absolute atomic E-state index is 13.2. The number of aliphatic hydroxyl groups excluding tert-OH is 2. The molecule has 0 radical (unpaired) electrons. The van der Waals surface area contributed by atoms with Crippen LogP contribution in [0.1, 0.15) is 321 Å². The smallest absolute Gasteiger partial charge is 0.334 e. The SMILES string of the molecule is C=CCCCC(C)(C(C)=O)C(=O)OCC.CCOC(=O)C(C)(CCCC(O)c1cc(Cl)ccn1)C(=O)OCC.CCOC(=O)C(C)(CCCC=O)C(C)=O.CCOC(=O)C(C)C(=O)OCC.CCOC(=O)C(C)CCCC(C)c1cc(-c2c([N+](=O)[O-])cnn2C(F)F)ccn1.CCOC(=O)C(C)CCCC(O)c1cc(Cl)ccn1.CCOC(=O)C(C)CCCC(O[Si](C)(C)C(C)(C)C)c1cc(Cl)ccn1. The van der Waals surface area contributed by atoms with Crippen LogP contribution < -0.4 is 0 Å². The molecule has 0 amide bonds. The number of pyridine rings is 4. The Hall–Kier alpha value is -9.98. The number of carbonyl (C=O) groups is 12. The molecule has 9 unspecified atom stereocenters. The lowest BCUT2D eigenvalue weighted by Crippen LogP contribution is -2.42. The minimum atomic E-state index is -3.00. The molecule has 0 spiro atoms. The third-order valence-corrected chi connectivity index (χ3v) is 27.9. The number of allylic oxidation sites excluding steroid dienone is 1. The quantitative estimate of drug-likeness (QED) is 0.00420. The van der Waals surface area contributed by atoms with Crippen LogP contribution in [-0.4, -0.2) is 184 Å². The average molecular weight is 2050 g/mol. The molecule has 33 nitrogen and oxygen atoms in total. The van der Waals surface area contributed by atoms with Gasteiger partial charge in [-0.25, -0.2) is 0 Å². The zero-order valence-corrected chi connectivity index (χ0v) is 89.6. The van der Waals surface area contributed by atoms with Gasteiger partial charge in [0.1, 0.15) is 34.9 Å². The fraction of sp³-hybridized carbons (Fsp3) is 0.634. The number of alkyl halides is 2. The molecule has 140 heavy (non-hydrogen) atoms. The van der Waals surface area contributed by atoms with Gasteiger partial charge < -0.3 is 62.1 Å². The molecule has 0 saturated carbocycles. The number of rotatable bonds is 53. The van der Waals surface area contributed by atoms with Crippen LogP contribution in [0, 0.1) is 50.0 Å². The van der Waals surface area contributed by atoms with Crippen LogP contribution in [0.2, 0.25) is 33.2 Å². The molecule has 0 aliphatic carbocycles. The van der Waals surface area contributed by atoms with Gasteiger partial charge in [0, 0.05) is 57.5 Å². The predicted molar refractivity (Wildman–Crippen MR) is 532 cm³/mol. The molecule has 9 atom stereocenters. The van der Waals surface area contributed by atoms with Crippen LogP contribution in [0.4, 0.5) is 14.5 Å². The zero-order chi connectivity index (χ0) is 107. The Balaban J connectivity index is 0. The van der Waals surface area contributed by atoms with Gasteiger partial charge in [0.05, 0.1) is 118 Å². The van der Waals surface area contributed by atoms with Crippen molar-refractivity contribution in [3.8, 4) is 11.3 Å². The van der Waals surface area contributed by atoms with Gasteiger partial charge in [-0.1, -0.05) is 95.8 Å². The van der Waals surface area contributed by atoms with Crippen molar-refractivity contribution in [1.29, 1.82) is 0 Å². The molecular weight excluding hydrogens is 1900 g/mol. The minimum Gasteiger partial charge on any atom is -0.466 e. The summed E-state index contributed by atoms with van der Waals surface area (Å²) >= 11 is 17.9. The normalized spacial score (nSPS) is 13.4. The number of ether oxygens (including phenoxy) is 9. The van der Waals surface area contributed by atoms with E-state index in [2.05, 4.69) is 75.0 Å². The number of carbonyl (C=O) groups excluding carboxylic acids is 12. The second kappa shape index (κ2) is 70.6. The number of unbranched alkanes of at least 4 members (excludes halogenated alkanes) is 2. The number of hydrogen-bond donors (Lipinski definition) is 2. The Bertz CT molecular complexity index is 4510. The third kappa shape index (κ3) is 49.1. The van der Waals surface area contributed by atoms with E-state index in [4.69, 9.17) is 72.4 Å². The van der Waals surface area contributed by atoms with Gasteiger partial charge in [-0.15, -0.1) is 6.58 Å². The summed E-state index contributed by atoms with van der Waals surface area (Å²) in [7, 11) is -1.95. The van der Waals surface area contributed by atoms with Crippen LogP contribution >= 0.6 is 34.8 Å². The van der Waals surface area contributed by atoms with E-state index in [1.165, 1.54) is 46.2 Å². The number of nitro groups is 1. The molecule has 5 heterocycles. The van der Waals surface area contributed by atoms with Crippen LogP contribution in [0.15, 0.2) is 92.2 Å². The first-order chi connectivity index (χ1) is 65.7. The Kier molecular flexibility index (Phi) is 66.6. The van der Waals surface area contributed by atoms with Crippen LogP contribution in [-0.2, 0) is 105 Å². The first-order valence-electron chi connectivity index (χ1n) is 47.7. The van der Waals surface area contributed by atoms with Crippen molar-refractivity contribution in [3.63, 3.8) is 0 Å². The summed E-state index contributed by atoms with van der Waals surface area (Å²) < 4.78 is 77.5. The molecule has 788 valence electrons. The number of nitrogens with zero attached hydrogens (tertiary/aromatic N) is 7. The molecule has 5 aromatic rings. The van der Waals surface area contributed by atoms with Gasteiger partial charge in [0.2, 0.25) is 0 Å². The number of aliphatic hydroxyl groups is 2. The summed E-state index contributed by atoms with van der Waals surface area (Å²) in [5, 5.41) is 36.6. The Morgan fingerprint density at radius 3 is 1.16 bits per heavy atom. The second-order valence-electron chi connectivity index (χ2n) is 34.9. The van der Waals surface area contributed by atoms with Crippen molar-refractivity contribution in [2.24, 2.45) is 39.9 Å². The molecular formula is C101H154Cl3F2N7O26Si. The number of Topliss-reactive ketones (excluding diaryl/α,β-unsaturated/α-hetero) is 2. The number of aromatic nitrogens is 6. The molecule has 5 rings (SSSR count). The maximum Gasteiger partial charge on any atom is 0.334 e.